The van der Waals surface area contributed by atoms with E-state index >= 15 is 0 Å². The lowest BCUT2D eigenvalue weighted by atomic mass is 10.2. The minimum Gasteiger partial charge on any atom is -0.497 e. The highest BCUT2D eigenvalue weighted by Crippen LogP contribution is 2.26. The van der Waals surface area contributed by atoms with Crippen molar-refractivity contribution >= 4 is 29.2 Å². The summed E-state index contributed by atoms with van der Waals surface area (Å²) in [7, 11) is 3.34. The van der Waals surface area contributed by atoms with Crippen LogP contribution < -0.4 is 19.9 Å². The van der Waals surface area contributed by atoms with Crippen molar-refractivity contribution in [2.75, 3.05) is 56.7 Å². The van der Waals surface area contributed by atoms with Crippen molar-refractivity contribution in [2.45, 2.75) is 24.4 Å². The van der Waals surface area contributed by atoms with E-state index < -0.39 is 0 Å². The average molecular weight is 498 g/mol. The fourth-order valence-electron chi connectivity index (χ4n) is 3.86. The molecule has 1 aliphatic rings. The maximum atomic E-state index is 11.9. The fourth-order valence-corrected chi connectivity index (χ4v) is 4.62. The lowest BCUT2D eigenvalue weighted by Gasteiger charge is -2.37. The van der Waals surface area contributed by atoms with Crippen LogP contribution in [0.4, 0.5) is 11.5 Å². The Kier molecular flexibility index (Phi) is 8.49. The molecule has 0 radical (unpaired) electrons. The van der Waals surface area contributed by atoms with E-state index in [2.05, 4.69) is 32.2 Å². The first kappa shape index (κ1) is 24.9. The Morgan fingerprint density at radius 2 is 1.80 bits per heavy atom. The van der Waals surface area contributed by atoms with E-state index in [1.807, 2.05) is 31.2 Å². The summed E-state index contributed by atoms with van der Waals surface area (Å²) in [5.41, 5.74) is 2.02. The zero-order valence-corrected chi connectivity index (χ0v) is 21.1. The lowest BCUT2D eigenvalue weighted by Crippen LogP contribution is -2.46. The number of carbonyl (C=O) groups excluding carboxylic acids is 1. The van der Waals surface area contributed by atoms with Crippen LogP contribution in [-0.4, -0.2) is 62.8 Å². The Bertz CT molecular complexity index is 1110. The number of rotatable bonds is 10. The average Bonchev–Trinajstić information content (AvgIpc) is 3.37. The van der Waals surface area contributed by atoms with Gasteiger partial charge in [0.25, 0.3) is 5.91 Å². The second-order valence-electron chi connectivity index (χ2n) is 8.02. The van der Waals surface area contributed by atoms with Crippen molar-refractivity contribution in [3.05, 3.63) is 59.7 Å². The number of benzene rings is 1. The van der Waals surface area contributed by atoms with Crippen LogP contribution in [0, 0.1) is 0 Å². The zero-order chi connectivity index (χ0) is 24.6. The number of ether oxygens (including phenoxy) is 2. The van der Waals surface area contributed by atoms with Gasteiger partial charge in [0.15, 0.2) is 10.9 Å². The molecule has 0 spiro atoms. The van der Waals surface area contributed by atoms with Crippen molar-refractivity contribution in [2.24, 2.45) is 0 Å². The van der Waals surface area contributed by atoms with E-state index in [1.165, 1.54) is 17.4 Å². The molecule has 0 aliphatic carbocycles. The Morgan fingerprint density at radius 3 is 2.49 bits per heavy atom. The van der Waals surface area contributed by atoms with Crippen molar-refractivity contribution in [3.8, 4) is 5.75 Å². The number of hydrogen-bond donors (Lipinski definition) is 1. The van der Waals surface area contributed by atoms with Crippen molar-refractivity contribution in [1.82, 2.24) is 15.3 Å². The Labute approximate surface area is 209 Å². The number of anilines is 2. The zero-order valence-electron chi connectivity index (χ0n) is 20.3. The number of nitrogens with zero attached hydrogens (tertiary/aromatic N) is 4. The predicted octanol–water partition coefficient (Wildman–Crippen LogP) is 3.59. The standard InChI is InChI=1S/C25H31N5O4S/c1-4-26-24(31)22-10-9-21(34-22)17-35-25-27-18(16-32-2)15-23(28-25)30-13-11-29(12-14-30)19-5-7-20(33-3)8-6-19/h5-10,15H,4,11-14,16-17H2,1-3H3,(H,26,31). The second-order valence-corrected chi connectivity index (χ2v) is 8.96. The van der Waals surface area contributed by atoms with Crippen LogP contribution in [0.3, 0.4) is 0 Å². The summed E-state index contributed by atoms with van der Waals surface area (Å²) < 4.78 is 16.3. The molecule has 186 valence electrons. The van der Waals surface area contributed by atoms with E-state index in [1.54, 1.807) is 20.3 Å². The van der Waals surface area contributed by atoms with Gasteiger partial charge in [-0.15, -0.1) is 0 Å². The Hall–Kier alpha value is -3.24. The summed E-state index contributed by atoms with van der Waals surface area (Å²) in [6.07, 6.45) is 0. The van der Waals surface area contributed by atoms with Crippen LogP contribution in [0.15, 0.2) is 52.0 Å². The van der Waals surface area contributed by atoms with E-state index in [0.717, 1.165) is 43.4 Å². The normalized spacial score (nSPS) is 13.7. The summed E-state index contributed by atoms with van der Waals surface area (Å²) in [6.45, 7) is 6.35. The Balaban J connectivity index is 1.41. The van der Waals surface area contributed by atoms with Crippen molar-refractivity contribution < 1.29 is 18.7 Å². The molecule has 1 aromatic carbocycles. The fraction of sp³-hybridized carbons (Fsp3) is 0.400. The van der Waals surface area contributed by atoms with Crippen LogP contribution in [0.25, 0.3) is 0 Å². The monoisotopic (exact) mass is 497 g/mol. The summed E-state index contributed by atoms with van der Waals surface area (Å²) >= 11 is 1.48. The molecule has 4 rings (SSSR count). The molecule has 1 aliphatic heterocycles. The number of piperazine rings is 1. The SMILES string of the molecule is CCNC(=O)c1ccc(CSc2nc(COC)cc(N3CCN(c4ccc(OC)cc4)CC3)n2)o1. The van der Waals surface area contributed by atoms with Gasteiger partial charge in [0.2, 0.25) is 0 Å². The summed E-state index contributed by atoms with van der Waals surface area (Å²) in [5.74, 6) is 3.09. The molecule has 1 N–H and O–H groups in total. The molecule has 0 unspecified atom stereocenters. The molecule has 1 fully saturated rings. The van der Waals surface area contributed by atoms with Gasteiger partial charge in [-0.05, 0) is 43.3 Å². The van der Waals surface area contributed by atoms with Gasteiger partial charge in [0.05, 0.1) is 25.2 Å². The molecule has 0 bridgehead atoms. The molecule has 3 aromatic rings. The van der Waals surface area contributed by atoms with Gasteiger partial charge in [-0.1, -0.05) is 11.8 Å². The first-order valence-electron chi connectivity index (χ1n) is 11.6. The topological polar surface area (TPSA) is 93.0 Å². The number of methoxy groups -OCH3 is 2. The predicted molar refractivity (Wildman–Crippen MR) is 136 cm³/mol. The molecular formula is C25H31N5O4S. The minimum absolute atomic E-state index is 0.210. The van der Waals surface area contributed by atoms with Gasteiger partial charge in [-0.3, -0.25) is 4.79 Å². The van der Waals surface area contributed by atoms with E-state index in [0.29, 0.717) is 35.6 Å². The van der Waals surface area contributed by atoms with Gasteiger partial charge in [-0.2, -0.15) is 0 Å². The van der Waals surface area contributed by atoms with E-state index in [-0.39, 0.29) is 5.91 Å². The third-order valence-electron chi connectivity index (χ3n) is 5.64. The number of nitrogens with one attached hydrogen (secondary N) is 1. The maximum Gasteiger partial charge on any atom is 0.286 e. The molecule has 0 atom stereocenters. The maximum absolute atomic E-state index is 11.9. The molecular weight excluding hydrogens is 466 g/mol. The molecule has 10 heteroatoms. The quantitative estimate of drug-likeness (QED) is 0.333. The first-order chi connectivity index (χ1) is 17.1. The van der Waals surface area contributed by atoms with Crippen LogP contribution in [0.5, 0.6) is 5.75 Å². The smallest absolute Gasteiger partial charge is 0.286 e. The molecule has 35 heavy (non-hydrogen) atoms. The summed E-state index contributed by atoms with van der Waals surface area (Å²) in [4.78, 5) is 26.0. The summed E-state index contributed by atoms with van der Waals surface area (Å²) in [5, 5.41) is 3.40. The number of thioether (sulfide) groups is 1. The highest BCUT2D eigenvalue weighted by atomic mass is 32.2. The van der Waals surface area contributed by atoms with Crippen molar-refractivity contribution in [3.63, 3.8) is 0 Å². The van der Waals surface area contributed by atoms with Crippen LogP contribution in [0.1, 0.15) is 28.9 Å². The largest absolute Gasteiger partial charge is 0.497 e. The first-order valence-corrected chi connectivity index (χ1v) is 12.6. The highest BCUT2D eigenvalue weighted by molar-refractivity contribution is 7.98. The van der Waals surface area contributed by atoms with Gasteiger partial charge >= 0.3 is 0 Å². The lowest BCUT2D eigenvalue weighted by molar-refractivity contribution is 0.0927. The molecule has 1 saturated heterocycles. The minimum atomic E-state index is -0.210. The molecule has 1 amide bonds. The van der Waals surface area contributed by atoms with Gasteiger partial charge in [-0.25, -0.2) is 9.97 Å². The molecule has 9 nitrogen and oxygen atoms in total. The van der Waals surface area contributed by atoms with Crippen molar-refractivity contribution in [1.29, 1.82) is 0 Å². The summed E-state index contributed by atoms with van der Waals surface area (Å²) in [6, 6.07) is 13.7. The molecule has 3 heterocycles. The van der Waals surface area contributed by atoms with E-state index in [9.17, 15) is 4.79 Å². The molecule has 2 aromatic heterocycles. The highest BCUT2D eigenvalue weighted by Gasteiger charge is 2.20. The third-order valence-corrected chi connectivity index (χ3v) is 6.51. The van der Waals surface area contributed by atoms with Crippen LogP contribution >= 0.6 is 11.8 Å². The second kappa shape index (κ2) is 11.9. The number of carbonyl (C=O) groups is 1. The van der Waals surface area contributed by atoms with Gasteiger partial charge in [0.1, 0.15) is 17.3 Å². The van der Waals surface area contributed by atoms with Gasteiger partial charge < -0.3 is 29.0 Å². The number of aromatic nitrogens is 2. The number of amides is 1. The van der Waals surface area contributed by atoms with Crippen LogP contribution in [0.2, 0.25) is 0 Å². The third kappa shape index (κ3) is 6.46. The Morgan fingerprint density at radius 1 is 1.06 bits per heavy atom. The number of furan rings is 1. The van der Waals surface area contributed by atoms with Crippen LogP contribution in [-0.2, 0) is 17.1 Å². The molecule has 0 saturated carbocycles. The van der Waals surface area contributed by atoms with E-state index in [4.69, 9.17) is 18.9 Å². The number of hydrogen-bond acceptors (Lipinski definition) is 9. The van der Waals surface area contributed by atoms with Gasteiger partial charge in [0, 0.05) is 51.6 Å².